The number of carbonyl (C=O) groups excluding carboxylic acids is 4. The smallest absolute Gasteiger partial charge is 0.329 e. The van der Waals surface area contributed by atoms with Crippen molar-refractivity contribution in [2.24, 2.45) is 0 Å². The molecule has 0 spiro atoms. The van der Waals surface area contributed by atoms with Crippen LogP contribution in [0.25, 0.3) is 10.9 Å². The zero-order valence-corrected chi connectivity index (χ0v) is 19.7. The fourth-order valence-corrected chi connectivity index (χ4v) is 4.65. The Labute approximate surface area is 202 Å². The van der Waals surface area contributed by atoms with Crippen molar-refractivity contribution in [3.8, 4) is 0 Å². The summed E-state index contributed by atoms with van der Waals surface area (Å²) < 4.78 is 5.05. The summed E-state index contributed by atoms with van der Waals surface area (Å²) in [6.07, 6.45) is 2.85. The zero-order valence-electron chi connectivity index (χ0n) is 19.7. The number of nitrogens with one attached hydrogen (secondary N) is 1. The lowest BCUT2D eigenvalue weighted by Crippen LogP contribution is -2.56. The summed E-state index contributed by atoms with van der Waals surface area (Å²) in [4.78, 5) is 58.4. The molecule has 4 rings (SSSR count). The van der Waals surface area contributed by atoms with E-state index in [0.717, 1.165) is 21.4 Å². The number of rotatable bonds is 6. The van der Waals surface area contributed by atoms with Crippen molar-refractivity contribution >= 4 is 40.3 Å². The highest BCUT2D eigenvalue weighted by Gasteiger charge is 2.43. The van der Waals surface area contributed by atoms with Crippen molar-refractivity contribution in [3.63, 3.8) is 0 Å². The second-order valence-electron chi connectivity index (χ2n) is 8.61. The second kappa shape index (κ2) is 10.0. The molecular weight excluding hydrogens is 448 g/mol. The molecular formula is C26H28N4O5. The summed E-state index contributed by atoms with van der Waals surface area (Å²) in [6.45, 7) is 1.81. The molecule has 0 radical (unpaired) electrons. The topological polar surface area (TPSA) is 126 Å². The number of ether oxygens (including phenoxy) is 1. The van der Waals surface area contributed by atoms with Gasteiger partial charge in [-0.15, -0.1) is 0 Å². The molecule has 1 aliphatic rings. The molecule has 1 saturated heterocycles. The summed E-state index contributed by atoms with van der Waals surface area (Å²) in [5.41, 5.74) is 8.06. The van der Waals surface area contributed by atoms with Gasteiger partial charge in [-0.05, 0) is 48.7 Å². The Morgan fingerprint density at radius 3 is 2.54 bits per heavy atom. The molecule has 0 aliphatic carbocycles. The maximum Gasteiger partial charge on any atom is 0.329 e. The quantitative estimate of drug-likeness (QED) is 0.320. The first kappa shape index (κ1) is 24.0. The van der Waals surface area contributed by atoms with Crippen LogP contribution in [0.4, 0.5) is 5.69 Å². The van der Waals surface area contributed by atoms with Gasteiger partial charge in [0.1, 0.15) is 12.1 Å². The molecule has 3 aromatic rings. The summed E-state index contributed by atoms with van der Waals surface area (Å²) in [5, 5.41) is 0.875. The third-order valence-corrected chi connectivity index (χ3v) is 6.43. The van der Waals surface area contributed by atoms with Gasteiger partial charge in [0.05, 0.1) is 7.11 Å². The van der Waals surface area contributed by atoms with Gasteiger partial charge in [-0.2, -0.15) is 0 Å². The molecule has 2 aromatic carbocycles. The number of fused-ring (bicyclic) bond motifs is 1. The molecule has 2 unspecified atom stereocenters. The predicted octanol–water partition coefficient (Wildman–Crippen LogP) is 2.51. The van der Waals surface area contributed by atoms with E-state index in [4.69, 9.17) is 10.5 Å². The maximum atomic E-state index is 13.9. The number of hydrogen-bond acceptors (Lipinski definition) is 6. The van der Waals surface area contributed by atoms with Gasteiger partial charge in [0.15, 0.2) is 0 Å². The van der Waals surface area contributed by atoms with Crippen molar-refractivity contribution in [3.05, 3.63) is 65.9 Å². The van der Waals surface area contributed by atoms with E-state index in [9.17, 15) is 19.2 Å². The minimum absolute atomic E-state index is 0.0515. The van der Waals surface area contributed by atoms with E-state index in [-0.39, 0.29) is 17.9 Å². The van der Waals surface area contributed by atoms with Gasteiger partial charge in [0.25, 0.3) is 11.8 Å². The van der Waals surface area contributed by atoms with Gasteiger partial charge < -0.3 is 20.4 Å². The molecule has 35 heavy (non-hydrogen) atoms. The highest BCUT2D eigenvalue weighted by atomic mass is 16.5. The Hall–Kier alpha value is -4.14. The normalized spacial score (nSPS) is 16.2. The maximum absolute atomic E-state index is 13.9. The van der Waals surface area contributed by atoms with Gasteiger partial charge in [0, 0.05) is 48.2 Å². The summed E-state index contributed by atoms with van der Waals surface area (Å²) in [5.74, 6) is -2.23. The first-order valence-corrected chi connectivity index (χ1v) is 11.4. The number of para-hydroxylation sites is 1. The minimum Gasteiger partial charge on any atom is -0.467 e. The van der Waals surface area contributed by atoms with Crippen molar-refractivity contribution in [2.75, 3.05) is 19.4 Å². The number of benzene rings is 2. The molecule has 9 nitrogen and oxygen atoms in total. The lowest BCUT2D eigenvalue weighted by Gasteiger charge is -2.33. The SMILES string of the molecule is COC(=O)C(Cc1c[nH]c2ccccc12)N(C(=O)c1ccc(N)cc1)C(=O)C1CCCN1C(C)=O. The number of imide groups is 1. The Morgan fingerprint density at radius 1 is 1.14 bits per heavy atom. The number of aromatic amines is 1. The van der Waals surface area contributed by atoms with Gasteiger partial charge >= 0.3 is 5.97 Å². The van der Waals surface area contributed by atoms with Crippen LogP contribution in [-0.2, 0) is 25.5 Å². The highest BCUT2D eigenvalue weighted by molar-refractivity contribution is 6.09. The van der Waals surface area contributed by atoms with Crippen LogP contribution < -0.4 is 5.73 Å². The van der Waals surface area contributed by atoms with E-state index >= 15 is 0 Å². The van der Waals surface area contributed by atoms with Gasteiger partial charge in [-0.1, -0.05) is 18.2 Å². The number of hydrogen-bond donors (Lipinski definition) is 2. The van der Waals surface area contributed by atoms with Gasteiger partial charge in [0.2, 0.25) is 5.91 Å². The van der Waals surface area contributed by atoms with E-state index in [1.165, 1.54) is 31.1 Å². The van der Waals surface area contributed by atoms with Crippen molar-refractivity contribution < 1.29 is 23.9 Å². The number of amides is 3. The Bertz CT molecular complexity index is 1270. The predicted molar refractivity (Wildman–Crippen MR) is 130 cm³/mol. The van der Waals surface area contributed by atoms with E-state index in [2.05, 4.69) is 4.98 Å². The number of esters is 1. The number of nitrogens with two attached hydrogens (primary N) is 1. The van der Waals surface area contributed by atoms with Gasteiger partial charge in [-0.3, -0.25) is 19.3 Å². The van der Waals surface area contributed by atoms with E-state index in [1.807, 2.05) is 24.3 Å². The third kappa shape index (κ3) is 4.75. The first-order chi connectivity index (χ1) is 16.8. The Balaban J connectivity index is 1.78. The minimum atomic E-state index is -1.23. The van der Waals surface area contributed by atoms with Crippen LogP contribution in [0.1, 0.15) is 35.7 Å². The number of carbonyl (C=O) groups is 4. The number of methoxy groups -OCH3 is 1. The standard InChI is InChI=1S/C26H28N4O5/c1-16(31)29-13-5-8-22(29)25(33)30(24(32)17-9-11-19(27)12-10-17)23(26(34)35-2)14-18-15-28-21-7-4-3-6-20(18)21/h3-4,6-7,9-12,15,22-23,28H,5,8,13-14,27H2,1-2H3. The fraction of sp³-hybridized carbons (Fsp3) is 0.308. The van der Waals surface area contributed by atoms with Crippen molar-refractivity contribution in [1.82, 2.24) is 14.8 Å². The largest absolute Gasteiger partial charge is 0.467 e. The summed E-state index contributed by atoms with van der Waals surface area (Å²) in [7, 11) is 1.22. The van der Waals surface area contributed by atoms with Crippen LogP contribution in [0, 0.1) is 0 Å². The highest BCUT2D eigenvalue weighted by Crippen LogP contribution is 2.26. The van der Waals surface area contributed by atoms with E-state index in [0.29, 0.717) is 25.1 Å². The number of nitrogen functional groups attached to an aromatic ring is 1. The molecule has 3 N–H and O–H groups in total. The number of likely N-dealkylation sites (tertiary alicyclic amines) is 1. The molecule has 3 amide bonds. The number of nitrogens with zero attached hydrogens (tertiary/aromatic N) is 2. The van der Waals surface area contributed by atoms with Crippen LogP contribution in [0.2, 0.25) is 0 Å². The molecule has 1 aromatic heterocycles. The molecule has 0 saturated carbocycles. The van der Waals surface area contributed by atoms with Crippen LogP contribution in [0.3, 0.4) is 0 Å². The third-order valence-electron chi connectivity index (χ3n) is 6.43. The van der Waals surface area contributed by atoms with Crippen molar-refractivity contribution in [1.29, 1.82) is 0 Å². The summed E-state index contributed by atoms with van der Waals surface area (Å²) in [6, 6.07) is 11.6. The van der Waals surface area contributed by atoms with Crippen molar-refractivity contribution in [2.45, 2.75) is 38.3 Å². The number of aromatic nitrogens is 1. The average molecular weight is 477 g/mol. The van der Waals surface area contributed by atoms with Crippen LogP contribution in [0.15, 0.2) is 54.7 Å². The van der Waals surface area contributed by atoms with Crippen LogP contribution in [0.5, 0.6) is 0 Å². The first-order valence-electron chi connectivity index (χ1n) is 11.4. The van der Waals surface area contributed by atoms with E-state index < -0.39 is 29.9 Å². The summed E-state index contributed by atoms with van der Waals surface area (Å²) >= 11 is 0. The number of anilines is 1. The fourth-order valence-electron chi connectivity index (χ4n) is 4.65. The lowest BCUT2D eigenvalue weighted by atomic mass is 10.0. The Kier molecular flexibility index (Phi) is 6.86. The van der Waals surface area contributed by atoms with Gasteiger partial charge in [-0.25, -0.2) is 4.79 Å². The Morgan fingerprint density at radius 2 is 1.86 bits per heavy atom. The molecule has 9 heteroatoms. The van der Waals surface area contributed by atoms with E-state index in [1.54, 1.807) is 18.3 Å². The second-order valence-corrected chi connectivity index (χ2v) is 8.61. The van der Waals surface area contributed by atoms with Crippen LogP contribution >= 0.6 is 0 Å². The molecule has 2 heterocycles. The monoisotopic (exact) mass is 476 g/mol. The molecule has 182 valence electrons. The molecule has 0 bridgehead atoms. The molecule has 1 fully saturated rings. The molecule has 2 atom stereocenters. The van der Waals surface area contributed by atoms with Crippen LogP contribution in [-0.4, -0.2) is 64.2 Å². The average Bonchev–Trinajstić information content (AvgIpc) is 3.51. The molecule has 1 aliphatic heterocycles. The lowest BCUT2D eigenvalue weighted by molar-refractivity contribution is -0.153. The zero-order chi connectivity index (χ0) is 25.1. The number of H-pyrrole nitrogens is 1.